The van der Waals surface area contributed by atoms with E-state index < -0.39 is 43.7 Å². The summed E-state index contributed by atoms with van der Waals surface area (Å²) in [5, 5.41) is 13.5. The molecule has 1 heterocycles. The van der Waals surface area contributed by atoms with Crippen molar-refractivity contribution in [1.82, 2.24) is 10.2 Å². The molecule has 0 spiro atoms. The van der Waals surface area contributed by atoms with Crippen molar-refractivity contribution >= 4 is 33.5 Å². The summed E-state index contributed by atoms with van der Waals surface area (Å²) >= 11 is 0. The zero-order chi connectivity index (χ0) is 24.1. The van der Waals surface area contributed by atoms with Gasteiger partial charge in [0.1, 0.15) is 23.2 Å². The van der Waals surface area contributed by atoms with Crippen LogP contribution in [0.15, 0.2) is 29.5 Å². The summed E-state index contributed by atoms with van der Waals surface area (Å²) in [6.07, 6.45) is 8.83. The van der Waals surface area contributed by atoms with Gasteiger partial charge in [0.15, 0.2) is 0 Å². The molecule has 1 aliphatic heterocycles. The molecular weight excluding hydrogens is 436 g/mol. The van der Waals surface area contributed by atoms with Gasteiger partial charge in [-0.1, -0.05) is 6.07 Å². The minimum atomic E-state index is -1.20. The Morgan fingerprint density at radius 3 is 2.19 bits per heavy atom. The molecule has 3 amide bonds. The zero-order valence-electron chi connectivity index (χ0n) is 19.1. The molecule has 0 aromatic heterocycles. The molecule has 5 N–H and O–H groups in total. The van der Waals surface area contributed by atoms with E-state index in [-0.39, 0.29) is 24.0 Å². The van der Waals surface area contributed by atoms with E-state index in [9.17, 15) is 18.4 Å². The number of amidine groups is 1. The summed E-state index contributed by atoms with van der Waals surface area (Å²) in [7, 11) is -1.20. The van der Waals surface area contributed by atoms with Gasteiger partial charge in [-0.2, -0.15) is 0 Å². The molecule has 1 fully saturated rings. The fraction of sp³-hybridized carbons (Fsp3) is 0.500. The van der Waals surface area contributed by atoms with Crippen molar-refractivity contribution in [3.63, 3.8) is 0 Å². The highest BCUT2D eigenvalue weighted by Crippen LogP contribution is 2.60. The molecule has 10 heteroatoms. The third-order valence-corrected chi connectivity index (χ3v) is 9.64. The van der Waals surface area contributed by atoms with Crippen molar-refractivity contribution in [3.8, 4) is 0 Å². The Morgan fingerprint density at radius 1 is 1.16 bits per heavy atom. The van der Waals surface area contributed by atoms with Crippen molar-refractivity contribution in [2.75, 3.05) is 30.6 Å². The summed E-state index contributed by atoms with van der Waals surface area (Å²) in [6.45, 7) is 3.28. The van der Waals surface area contributed by atoms with Gasteiger partial charge in [0.25, 0.3) is 0 Å². The lowest BCUT2D eigenvalue weighted by Crippen LogP contribution is -2.55. The van der Waals surface area contributed by atoms with Crippen LogP contribution in [0.3, 0.4) is 0 Å². The second-order valence-electron chi connectivity index (χ2n) is 9.58. The fourth-order valence-electron chi connectivity index (χ4n) is 4.20. The average Bonchev–Trinajstić information content (AvgIpc) is 2.86. The number of hydrogen-bond donors (Lipinski definition) is 4. The molecule has 1 aromatic rings. The maximum atomic E-state index is 14.0. The van der Waals surface area contributed by atoms with Gasteiger partial charge in [0.2, 0.25) is 5.91 Å². The van der Waals surface area contributed by atoms with Crippen LogP contribution in [-0.2, 0) is 4.79 Å². The maximum Gasteiger partial charge on any atom is 0.323 e. The molecule has 176 valence electrons. The number of carbonyl (C=O) groups excluding carboxylic acids is 2. The number of nitrogens with zero attached hydrogens (tertiary/aromatic N) is 1. The zero-order valence-corrected chi connectivity index (χ0v) is 19.9. The summed E-state index contributed by atoms with van der Waals surface area (Å²) < 4.78 is 27.5. The Hall–Kier alpha value is -2.62. The Kier molecular flexibility index (Phi) is 6.05. The molecule has 3 rings (SSSR count). The van der Waals surface area contributed by atoms with Gasteiger partial charge in [0, 0.05) is 11.3 Å². The van der Waals surface area contributed by atoms with Crippen molar-refractivity contribution in [3.05, 3.63) is 41.1 Å². The van der Waals surface area contributed by atoms with Crippen LogP contribution in [0.2, 0.25) is 0 Å². The van der Waals surface area contributed by atoms with Crippen molar-refractivity contribution in [2.24, 2.45) is 5.73 Å². The highest BCUT2D eigenvalue weighted by Gasteiger charge is 2.51. The molecule has 1 aromatic carbocycles. The number of nitrogens with one attached hydrogen (secondary N) is 3. The minimum Gasteiger partial charge on any atom is -0.400 e. The third-order valence-electron chi connectivity index (χ3n) is 6.70. The van der Waals surface area contributed by atoms with Crippen LogP contribution >= 0.6 is 10.0 Å². The van der Waals surface area contributed by atoms with E-state index in [2.05, 4.69) is 29.4 Å². The highest BCUT2D eigenvalue weighted by molar-refractivity contribution is 8.33. The molecule has 1 saturated carbocycles. The summed E-state index contributed by atoms with van der Waals surface area (Å²) in [4.78, 5) is 27.2. The lowest BCUT2D eigenvalue weighted by molar-refractivity contribution is -0.124. The van der Waals surface area contributed by atoms with Gasteiger partial charge in [0.05, 0.1) is 16.8 Å². The SMILES string of the molecule is CC1(C)C(N)=C(C(=N)NC(=O)C2(S(C)(C)C)CCC2)CN1C(=O)Nc1c(F)cccc1F. The number of para-hydroxylation sites is 1. The van der Waals surface area contributed by atoms with E-state index in [1.807, 2.05) is 0 Å². The molecule has 32 heavy (non-hydrogen) atoms. The first-order valence-electron chi connectivity index (χ1n) is 10.3. The third kappa shape index (κ3) is 3.85. The second-order valence-corrected chi connectivity index (χ2v) is 14.0. The standard InChI is InChI=1S/C22H31F2N5O2S/c1-21(2)17(25)13(18(26)28-19(30)22(10-7-11-22)32(3,4)5)12-29(21)20(31)27-16-14(23)8-6-9-15(16)24/h6,8-9H,7,10-12,25H2,1-5H3,(H,27,31)(H2,26,28,30). The van der Waals surface area contributed by atoms with Crippen molar-refractivity contribution in [2.45, 2.75) is 43.4 Å². The number of nitrogens with two attached hydrogens (primary N) is 1. The lowest BCUT2D eigenvalue weighted by Gasteiger charge is -2.53. The Labute approximate surface area is 188 Å². The van der Waals surface area contributed by atoms with Gasteiger partial charge in [-0.05, 0) is 64.0 Å². The van der Waals surface area contributed by atoms with E-state index in [1.54, 1.807) is 13.8 Å². The van der Waals surface area contributed by atoms with Crippen LogP contribution < -0.4 is 16.4 Å². The molecular formula is C22H31F2N5O2S. The quantitative estimate of drug-likeness (QED) is 0.402. The van der Waals surface area contributed by atoms with E-state index in [0.717, 1.165) is 31.4 Å². The largest absolute Gasteiger partial charge is 0.400 e. The van der Waals surface area contributed by atoms with Crippen LogP contribution in [-0.4, -0.2) is 58.3 Å². The van der Waals surface area contributed by atoms with Crippen LogP contribution in [0, 0.1) is 17.0 Å². The normalized spacial score (nSPS) is 19.9. The Morgan fingerprint density at radius 2 is 1.72 bits per heavy atom. The van der Waals surface area contributed by atoms with Gasteiger partial charge in [-0.3, -0.25) is 10.2 Å². The van der Waals surface area contributed by atoms with Crippen LogP contribution in [0.1, 0.15) is 33.1 Å². The topological polar surface area (TPSA) is 111 Å². The lowest BCUT2D eigenvalue weighted by atomic mass is 9.83. The first-order valence-corrected chi connectivity index (χ1v) is 13.2. The van der Waals surface area contributed by atoms with Gasteiger partial charge < -0.3 is 21.3 Å². The molecule has 0 radical (unpaired) electrons. The number of urea groups is 1. The maximum absolute atomic E-state index is 14.0. The molecule has 0 atom stereocenters. The fourth-order valence-corrected chi connectivity index (χ4v) is 6.33. The van der Waals surface area contributed by atoms with E-state index in [0.29, 0.717) is 5.57 Å². The first kappa shape index (κ1) is 24.0. The Balaban J connectivity index is 1.78. The number of carbonyl (C=O) groups is 2. The first-order chi connectivity index (χ1) is 14.7. The number of amides is 3. The average molecular weight is 468 g/mol. The second kappa shape index (κ2) is 8.06. The van der Waals surface area contributed by atoms with Crippen LogP contribution in [0.5, 0.6) is 0 Å². The predicted molar refractivity (Wildman–Crippen MR) is 125 cm³/mol. The van der Waals surface area contributed by atoms with Gasteiger partial charge in [-0.15, -0.1) is 0 Å². The van der Waals surface area contributed by atoms with Gasteiger partial charge >= 0.3 is 6.03 Å². The molecule has 0 bridgehead atoms. The number of rotatable bonds is 4. The molecule has 7 nitrogen and oxygen atoms in total. The number of halogens is 2. The predicted octanol–water partition coefficient (Wildman–Crippen LogP) is 3.51. The summed E-state index contributed by atoms with van der Waals surface area (Å²) in [5.74, 6) is -2.13. The minimum absolute atomic E-state index is 0.0742. The van der Waals surface area contributed by atoms with E-state index in [4.69, 9.17) is 11.1 Å². The number of hydrogen-bond acceptors (Lipinski definition) is 4. The highest BCUT2D eigenvalue weighted by atomic mass is 32.3. The monoisotopic (exact) mass is 467 g/mol. The number of benzene rings is 1. The summed E-state index contributed by atoms with van der Waals surface area (Å²) in [6, 6.07) is 2.54. The van der Waals surface area contributed by atoms with Crippen molar-refractivity contribution in [1.29, 1.82) is 5.41 Å². The number of anilines is 1. The van der Waals surface area contributed by atoms with Crippen LogP contribution in [0.25, 0.3) is 0 Å². The van der Waals surface area contributed by atoms with E-state index >= 15 is 0 Å². The summed E-state index contributed by atoms with van der Waals surface area (Å²) in [5.41, 5.74) is 5.26. The Bertz CT molecular complexity index is 992. The molecule has 1 aliphatic carbocycles. The van der Waals surface area contributed by atoms with Crippen LogP contribution in [0.4, 0.5) is 19.3 Å². The van der Waals surface area contributed by atoms with Gasteiger partial charge in [-0.25, -0.2) is 23.6 Å². The molecule has 0 saturated heterocycles. The molecule has 2 aliphatic rings. The smallest absolute Gasteiger partial charge is 0.323 e. The van der Waals surface area contributed by atoms with Crippen molar-refractivity contribution < 1.29 is 18.4 Å². The molecule has 0 unspecified atom stereocenters. The van der Waals surface area contributed by atoms with E-state index in [1.165, 1.54) is 11.0 Å².